The fourth-order valence-corrected chi connectivity index (χ4v) is 2.98. The number of nitrogens with one attached hydrogen (secondary N) is 1. The monoisotopic (exact) mass is 303 g/mol. The molecule has 2 heterocycles. The second kappa shape index (κ2) is 5.09. The van der Waals surface area contributed by atoms with E-state index in [-0.39, 0.29) is 5.56 Å². The second-order valence-electron chi connectivity index (χ2n) is 6.02. The number of nitrogens with zero attached hydrogens (tertiary/aromatic N) is 2. The summed E-state index contributed by atoms with van der Waals surface area (Å²) in [6.07, 6.45) is 2.09. The molecule has 0 amide bonds. The molecule has 4 heteroatoms. The minimum absolute atomic E-state index is 0.106. The average molecular weight is 303 g/mol. The van der Waals surface area contributed by atoms with Crippen molar-refractivity contribution in [3.8, 4) is 11.4 Å². The highest BCUT2D eigenvalue weighted by molar-refractivity contribution is 5.86. The van der Waals surface area contributed by atoms with E-state index in [1.807, 2.05) is 24.3 Å². The van der Waals surface area contributed by atoms with Gasteiger partial charge in [-0.25, -0.2) is 4.98 Å². The van der Waals surface area contributed by atoms with E-state index in [9.17, 15) is 4.79 Å². The summed E-state index contributed by atoms with van der Waals surface area (Å²) in [7, 11) is 0. The van der Waals surface area contributed by atoms with Gasteiger partial charge in [0.1, 0.15) is 5.82 Å². The number of H-pyrrole nitrogens is 1. The zero-order valence-corrected chi connectivity index (χ0v) is 13.1. The van der Waals surface area contributed by atoms with Crippen LogP contribution in [0.15, 0.2) is 59.5 Å². The smallest absolute Gasteiger partial charge is 0.259 e. The Bertz CT molecular complexity index is 1070. The standard InChI is InChI=1S/C19H17N3O/c1-12(2)22-10-9-13-11-14(7-8-17(13)22)18-20-16-6-4-3-5-15(16)19(23)21-18/h3-12H,1-2H3,(H,20,21,23). The number of hydrogen-bond donors (Lipinski definition) is 1. The Kier molecular flexibility index (Phi) is 3.05. The van der Waals surface area contributed by atoms with Crippen LogP contribution in [0.3, 0.4) is 0 Å². The third-order valence-electron chi connectivity index (χ3n) is 4.16. The van der Waals surface area contributed by atoms with E-state index < -0.39 is 0 Å². The first kappa shape index (κ1) is 13.8. The van der Waals surface area contributed by atoms with Crippen LogP contribution in [0.4, 0.5) is 0 Å². The highest BCUT2D eigenvalue weighted by Crippen LogP contribution is 2.25. The van der Waals surface area contributed by atoms with E-state index in [1.165, 1.54) is 5.52 Å². The van der Waals surface area contributed by atoms with Crippen molar-refractivity contribution in [1.29, 1.82) is 0 Å². The van der Waals surface area contributed by atoms with Gasteiger partial charge in [-0.2, -0.15) is 0 Å². The maximum absolute atomic E-state index is 12.2. The molecule has 0 unspecified atom stereocenters. The van der Waals surface area contributed by atoms with Crippen LogP contribution in [0.2, 0.25) is 0 Å². The summed E-state index contributed by atoms with van der Waals surface area (Å²) in [5.74, 6) is 0.605. The Hall–Kier alpha value is -2.88. The molecular formula is C19H17N3O. The Morgan fingerprint density at radius 1 is 1.09 bits per heavy atom. The van der Waals surface area contributed by atoms with E-state index in [2.05, 4.69) is 52.8 Å². The van der Waals surface area contributed by atoms with Gasteiger partial charge in [0.2, 0.25) is 0 Å². The quantitative estimate of drug-likeness (QED) is 0.605. The normalized spacial score (nSPS) is 11.6. The molecule has 0 aliphatic heterocycles. The van der Waals surface area contributed by atoms with Gasteiger partial charge in [0.05, 0.1) is 10.9 Å². The summed E-state index contributed by atoms with van der Waals surface area (Å²) in [5, 5.41) is 1.76. The molecule has 4 nitrogen and oxygen atoms in total. The van der Waals surface area contributed by atoms with E-state index in [0.717, 1.165) is 10.9 Å². The fourth-order valence-electron chi connectivity index (χ4n) is 2.98. The largest absolute Gasteiger partial charge is 0.345 e. The van der Waals surface area contributed by atoms with Gasteiger partial charge in [-0.15, -0.1) is 0 Å². The fraction of sp³-hybridized carbons (Fsp3) is 0.158. The van der Waals surface area contributed by atoms with Crippen LogP contribution >= 0.6 is 0 Å². The predicted molar refractivity (Wildman–Crippen MR) is 93.7 cm³/mol. The van der Waals surface area contributed by atoms with E-state index in [1.54, 1.807) is 6.07 Å². The molecule has 23 heavy (non-hydrogen) atoms. The summed E-state index contributed by atoms with van der Waals surface area (Å²) < 4.78 is 2.23. The molecule has 0 fully saturated rings. The Morgan fingerprint density at radius 2 is 1.91 bits per heavy atom. The van der Waals surface area contributed by atoms with Gasteiger partial charge in [0.25, 0.3) is 5.56 Å². The first-order valence-corrected chi connectivity index (χ1v) is 7.73. The maximum atomic E-state index is 12.2. The van der Waals surface area contributed by atoms with Crippen molar-refractivity contribution in [3.63, 3.8) is 0 Å². The third kappa shape index (κ3) is 2.23. The number of aromatic nitrogens is 3. The van der Waals surface area contributed by atoms with Crippen LogP contribution in [0.1, 0.15) is 19.9 Å². The van der Waals surface area contributed by atoms with Crippen LogP contribution in [-0.2, 0) is 0 Å². The summed E-state index contributed by atoms with van der Waals surface area (Å²) in [6.45, 7) is 4.32. The lowest BCUT2D eigenvalue weighted by atomic mass is 10.1. The van der Waals surface area contributed by atoms with E-state index in [0.29, 0.717) is 22.8 Å². The number of para-hydroxylation sites is 1. The molecule has 0 bridgehead atoms. The molecule has 2 aromatic heterocycles. The molecule has 0 atom stereocenters. The number of hydrogen-bond acceptors (Lipinski definition) is 2. The topological polar surface area (TPSA) is 50.7 Å². The molecule has 0 aliphatic rings. The molecule has 4 aromatic rings. The first-order valence-electron chi connectivity index (χ1n) is 7.73. The maximum Gasteiger partial charge on any atom is 0.259 e. The predicted octanol–water partition coefficient (Wildman–Crippen LogP) is 4.13. The average Bonchev–Trinajstić information content (AvgIpc) is 2.98. The lowest BCUT2D eigenvalue weighted by Gasteiger charge is -2.09. The molecular weight excluding hydrogens is 286 g/mol. The van der Waals surface area contributed by atoms with E-state index >= 15 is 0 Å². The van der Waals surface area contributed by atoms with Gasteiger partial charge >= 0.3 is 0 Å². The van der Waals surface area contributed by atoms with Crippen molar-refractivity contribution in [2.75, 3.05) is 0 Å². The molecule has 0 radical (unpaired) electrons. The van der Waals surface area contributed by atoms with Crippen molar-refractivity contribution in [1.82, 2.24) is 14.5 Å². The highest BCUT2D eigenvalue weighted by Gasteiger charge is 2.09. The summed E-state index contributed by atoms with van der Waals surface area (Å²) in [5.41, 5.74) is 2.71. The second-order valence-corrected chi connectivity index (χ2v) is 6.02. The lowest BCUT2D eigenvalue weighted by molar-refractivity contribution is 0.623. The minimum atomic E-state index is -0.106. The molecule has 4 rings (SSSR count). The highest BCUT2D eigenvalue weighted by atomic mass is 16.1. The molecule has 0 spiro atoms. The zero-order valence-electron chi connectivity index (χ0n) is 13.1. The Morgan fingerprint density at radius 3 is 2.74 bits per heavy atom. The van der Waals surface area contributed by atoms with Crippen LogP contribution in [0.5, 0.6) is 0 Å². The number of rotatable bonds is 2. The summed E-state index contributed by atoms with van der Waals surface area (Å²) in [4.78, 5) is 19.7. The third-order valence-corrected chi connectivity index (χ3v) is 4.16. The van der Waals surface area contributed by atoms with Gasteiger partial charge in [-0.3, -0.25) is 4.79 Å². The minimum Gasteiger partial charge on any atom is -0.345 e. The number of aromatic amines is 1. The van der Waals surface area contributed by atoms with Crippen molar-refractivity contribution < 1.29 is 0 Å². The van der Waals surface area contributed by atoms with Crippen molar-refractivity contribution in [2.24, 2.45) is 0 Å². The van der Waals surface area contributed by atoms with Crippen LogP contribution in [-0.4, -0.2) is 14.5 Å². The Labute approximate surface area is 133 Å². The Balaban J connectivity index is 1.90. The molecule has 1 N–H and O–H groups in total. The lowest BCUT2D eigenvalue weighted by Crippen LogP contribution is -2.09. The summed E-state index contributed by atoms with van der Waals surface area (Å²) >= 11 is 0. The van der Waals surface area contributed by atoms with Crippen molar-refractivity contribution >= 4 is 21.8 Å². The SMILES string of the molecule is CC(C)n1ccc2cc(-c3nc4ccccc4c(=O)[nH]3)ccc21. The van der Waals surface area contributed by atoms with Gasteiger partial charge in [-0.1, -0.05) is 12.1 Å². The van der Waals surface area contributed by atoms with Gasteiger partial charge in [-0.05, 0) is 50.2 Å². The van der Waals surface area contributed by atoms with Gasteiger partial charge in [0, 0.05) is 28.7 Å². The van der Waals surface area contributed by atoms with E-state index in [4.69, 9.17) is 0 Å². The molecule has 0 saturated carbocycles. The van der Waals surface area contributed by atoms with Gasteiger partial charge in [0.15, 0.2) is 0 Å². The molecule has 0 aliphatic carbocycles. The molecule has 0 saturated heterocycles. The van der Waals surface area contributed by atoms with Crippen LogP contribution in [0, 0.1) is 0 Å². The van der Waals surface area contributed by atoms with Crippen molar-refractivity contribution in [2.45, 2.75) is 19.9 Å². The summed E-state index contributed by atoms with van der Waals surface area (Å²) in [6, 6.07) is 16.1. The molecule has 114 valence electrons. The van der Waals surface area contributed by atoms with Gasteiger partial charge < -0.3 is 9.55 Å². The molecule has 2 aromatic carbocycles. The van der Waals surface area contributed by atoms with Crippen LogP contribution in [0.25, 0.3) is 33.2 Å². The number of fused-ring (bicyclic) bond motifs is 2. The first-order chi connectivity index (χ1) is 11.1. The zero-order chi connectivity index (χ0) is 16.0. The van der Waals surface area contributed by atoms with Crippen LogP contribution < -0.4 is 5.56 Å². The number of benzene rings is 2. The van der Waals surface area contributed by atoms with Crippen molar-refractivity contribution in [3.05, 3.63) is 65.1 Å².